The summed E-state index contributed by atoms with van der Waals surface area (Å²) in [7, 11) is 0. The van der Waals surface area contributed by atoms with Crippen LogP contribution in [0.2, 0.25) is 0 Å². The Morgan fingerprint density at radius 2 is 1.86 bits per heavy atom. The van der Waals surface area contributed by atoms with E-state index in [-0.39, 0.29) is 23.5 Å². The quantitative estimate of drug-likeness (QED) is 0.813. The molecule has 2 aromatic heterocycles. The van der Waals surface area contributed by atoms with Crippen molar-refractivity contribution in [2.75, 3.05) is 0 Å². The smallest absolute Gasteiger partial charge is 0.300 e. The number of halogens is 5. The third-order valence-electron chi connectivity index (χ3n) is 2.62. The van der Waals surface area contributed by atoms with Gasteiger partial charge in [-0.15, -0.1) is 0 Å². The predicted molar refractivity (Wildman–Crippen MR) is 63.5 cm³/mol. The Hall–Kier alpha value is -2.39. The second-order valence-corrected chi connectivity index (χ2v) is 4.43. The van der Waals surface area contributed by atoms with Crippen molar-refractivity contribution < 1.29 is 26.7 Å². The lowest BCUT2D eigenvalue weighted by Gasteiger charge is -2.05. The topological polar surface area (TPSA) is 60.7 Å². The lowest BCUT2D eigenvalue weighted by atomic mass is 10.1. The number of aromatic nitrogens is 4. The van der Waals surface area contributed by atoms with E-state index in [0.717, 1.165) is 23.3 Å². The van der Waals surface area contributed by atoms with Crippen molar-refractivity contribution in [1.29, 1.82) is 0 Å². The van der Waals surface area contributed by atoms with Crippen molar-refractivity contribution in [1.82, 2.24) is 19.7 Å². The molecule has 0 saturated heterocycles. The molecule has 0 aliphatic heterocycles. The Balaban J connectivity index is 2.38. The summed E-state index contributed by atoms with van der Waals surface area (Å²) in [6.07, 6.45) is -5.08. The summed E-state index contributed by atoms with van der Waals surface area (Å²) in [5.41, 5.74) is -0.623. The normalized spacial score (nSPS) is 12.0. The van der Waals surface area contributed by atoms with Crippen molar-refractivity contribution in [2.24, 2.45) is 0 Å². The molecule has 0 saturated carbocycles. The molecular weight excluding hydrogens is 311 g/mol. The van der Waals surface area contributed by atoms with E-state index >= 15 is 0 Å². The van der Waals surface area contributed by atoms with Crippen molar-refractivity contribution in [3.8, 4) is 5.69 Å². The Morgan fingerprint density at radius 3 is 2.32 bits per heavy atom. The largest absolute Gasteiger partial charge is 0.451 e. The highest BCUT2D eigenvalue weighted by Crippen LogP contribution is 2.26. The zero-order valence-electron chi connectivity index (χ0n) is 11.1. The van der Waals surface area contributed by atoms with Gasteiger partial charge < -0.3 is 0 Å². The first-order valence-corrected chi connectivity index (χ1v) is 5.94. The van der Waals surface area contributed by atoms with E-state index < -0.39 is 24.1 Å². The summed E-state index contributed by atoms with van der Waals surface area (Å²) in [6, 6.07) is 0. The second kappa shape index (κ2) is 5.78. The summed E-state index contributed by atoms with van der Waals surface area (Å²) in [5, 5.41) is 3.58. The third kappa shape index (κ3) is 3.43. The summed E-state index contributed by atoms with van der Waals surface area (Å²) in [4.78, 5) is 17.3. The van der Waals surface area contributed by atoms with E-state index in [9.17, 15) is 26.7 Å². The van der Waals surface area contributed by atoms with Gasteiger partial charge in [-0.3, -0.25) is 4.79 Å². The van der Waals surface area contributed by atoms with Crippen LogP contribution in [0.15, 0.2) is 18.6 Å². The molecule has 0 N–H and O–H groups in total. The van der Waals surface area contributed by atoms with Gasteiger partial charge >= 0.3 is 6.18 Å². The van der Waals surface area contributed by atoms with E-state index in [1.807, 2.05) is 0 Å². The first-order valence-electron chi connectivity index (χ1n) is 5.94. The highest BCUT2D eigenvalue weighted by atomic mass is 19.4. The number of nitrogens with zero attached hydrogens (tertiary/aromatic N) is 4. The monoisotopic (exact) mass is 320 g/mol. The molecule has 0 radical (unpaired) electrons. The van der Waals surface area contributed by atoms with Crippen molar-refractivity contribution in [3.63, 3.8) is 0 Å². The summed E-state index contributed by atoms with van der Waals surface area (Å²) in [6.45, 7) is 1.23. The van der Waals surface area contributed by atoms with E-state index in [0.29, 0.717) is 0 Å². The molecule has 10 heteroatoms. The molecule has 0 atom stereocenters. The summed E-state index contributed by atoms with van der Waals surface area (Å²) in [5.74, 6) is -1.69. The Kier molecular flexibility index (Phi) is 4.20. The van der Waals surface area contributed by atoms with Crippen LogP contribution in [0.4, 0.5) is 22.0 Å². The van der Waals surface area contributed by atoms with Crippen molar-refractivity contribution in [2.45, 2.75) is 25.9 Å². The molecule has 0 aliphatic carbocycles. The first-order chi connectivity index (χ1) is 10.2. The van der Waals surface area contributed by atoms with Crippen LogP contribution in [-0.2, 0) is 17.4 Å². The van der Waals surface area contributed by atoms with E-state index in [2.05, 4.69) is 15.1 Å². The van der Waals surface area contributed by atoms with Crippen molar-refractivity contribution >= 4 is 5.78 Å². The lowest BCUT2D eigenvalue weighted by molar-refractivity contribution is -0.145. The van der Waals surface area contributed by atoms with Gasteiger partial charge in [0.25, 0.3) is 6.43 Å². The Bertz CT molecular complexity index is 678. The number of alkyl halides is 5. The fourth-order valence-electron chi connectivity index (χ4n) is 1.73. The molecular formula is C12H9F5N4O. The highest BCUT2D eigenvalue weighted by Gasteiger charge is 2.34. The predicted octanol–water partition coefficient (Wildman–Crippen LogP) is 2.75. The number of carbonyl (C=O) groups excluding carboxylic acids is 1. The molecule has 118 valence electrons. The van der Waals surface area contributed by atoms with Gasteiger partial charge in [-0.25, -0.2) is 23.4 Å². The average Bonchev–Trinajstić information content (AvgIpc) is 2.81. The SMILES string of the molecule is CC(=O)Cc1cn(-c2cnc(C(F)(F)F)nc2)nc1C(F)F. The molecule has 0 unspecified atom stereocenters. The molecule has 2 heterocycles. The van der Waals surface area contributed by atoms with Crippen LogP contribution >= 0.6 is 0 Å². The first kappa shape index (κ1) is 16.0. The maximum absolute atomic E-state index is 12.9. The molecule has 0 fully saturated rings. The second-order valence-electron chi connectivity index (χ2n) is 4.43. The molecule has 0 amide bonds. The average molecular weight is 320 g/mol. The minimum absolute atomic E-state index is 0.00222. The van der Waals surface area contributed by atoms with Crippen LogP contribution in [0.3, 0.4) is 0 Å². The molecule has 22 heavy (non-hydrogen) atoms. The van der Waals surface area contributed by atoms with Crippen LogP contribution in [-0.4, -0.2) is 25.5 Å². The minimum Gasteiger partial charge on any atom is -0.300 e. The Morgan fingerprint density at radius 1 is 1.27 bits per heavy atom. The fourth-order valence-corrected chi connectivity index (χ4v) is 1.73. The van der Waals surface area contributed by atoms with Crippen LogP contribution in [0.25, 0.3) is 5.69 Å². The Labute approximate surface area is 120 Å². The molecule has 0 bridgehead atoms. The molecule has 2 rings (SSSR count). The van der Waals surface area contributed by atoms with Gasteiger partial charge in [0, 0.05) is 18.2 Å². The highest BCUT2D eigenvalue weighted by molar-refractivity contribution is 5.78. The number of hydrogen-bond acceptors (Lipinski definition) is 4. The van der Waals surface area contributed by atoms with Gasteiger partial charge in [0.05, 0.1) is 12.4 Å². The number of rotatable bonds is 4. The standard InChI is InChI=1S/C12H9F5N4O/c1-6(22)2-7-5-21(20-9(7)10(13)14)8-3-18-11(19-4-8)12(15,16)17/h3-5,10H,2H2,1H3. The molecule has 5 nitrogen and oxygen atoms in total. The number of ketones is 1. The molecule has 0 aliphatic rings. The van der Waals surface area contributed by atoms with Gasteiger partial charge in [-0.1, -0.05) is 0 Å². The fraction of sp³-hybridized carbons (Fsp3) is 0.333. The van der Waals surface area contributed by atoms with E-state index in [1.165, 1.54) is 6.92 Å². The van der Waals surface area contributed by atoms with Crippen LogP contribution in [0.5, 0.6) is 0 Å². The summed E-state index contributed by atoms with van der Waals surface area (Å²) < 4.78 is 63.7. The maximum Gasteiger partial charge on any atom is 0.451 e. The zero-order valence-corrected chi connectivity index (χ0v) is 11.1. The number of Topliss-reactive ketones (excluding diaryl/α,β-unsaturated/α-hetero) is 1. The molecule has 0 spiro atoms. The zero-order chi connectivity index (χ0) is 16.5. The number of hydrogen-bond donors (Lipinski definition) is 0. The minimum atomic E-state index is -4.70. The molecule has 2 aromatic rings. The van der Waals surface area contributed by atoms with Gasteiger partial charge in [0.1, 0.15) is 17.2 Å². The van der Waals surface area contributed by atoms with Gasteiger partial charge in [0.2, 0.25) is 5.82 Å². The molecule has 0 aromatic carbocycles. The third-order valence-corrected chi connectivity index (χ3v) is 2.62. The lowest BCUT2D eigenvalue weighted by Crippen LogP contribution is -2.11. The van der Waals surface area contributed by atoms with Crippen LogP contribution in [0.1, 0.15) is 30.4 Å². The van der Waals surface area contributed by atoms with Gasteiger partial charge in [-0.05, 0) is 6.92 Å². The van der Waals surface area contributed by atoms with E-state index in [1.54, 1.807) is 0 Å². The van der Waals surface area contributed by atoms with Crippen molar-refractivity contribution in [3.05, 3.63) is 35.7 Å². The summed E-state index contributed by atoms with van der Waals surface area (Å²) >= 11 is 0. The van der Waals surface area contributed by atoms with E-state index in [4.69, 9.17) is 0 Å². The number of carbonyl (C=O) groups is 1. The van der Waals surface area contributed by atoms with Gasteiger partial charge in [0.15, 0.2) is 0 Å². The maximum atomic E-state index is 12.9. The van der Waals surface area contributed by atoms with Gasteiger partial charge in [-0.2, -0.15) is 18.3 Å². The van der Waals surface area contributed by atoms with Crippen LogP contribution in [0, 0.1) is 0 Å². The van der Waals surface area contributed by atoms with Crippen LogP contribution < -0.4 is 0 Å².